The summed E-state index contributed by atoms with van der Waals surface area (Å²) in [5, 5.41) is 14.3. The summed E-state index contributed by atoms with van der Waals surface area (Å²) in [6.45, 7) is 0. The number of aromatic nitrogens is 1. The van der Waals surface area contributed by atoms with Gasteiger partial charge in [-0.05, 0) is 29.8 Å². The monoisotopic (exact) mass is 451 g/mol. The molecular weight excluding hydrogens is 442 g/mol. The lowest BCUT2D eigenvalue weighted by Crippen LogP contribution is -2.13. The normalized spacial score (nSPS) is 10.5. The van der Waals surface area contributed by atoms with Crippen LogP contribution in [0.4, 0.5) is 10.8 Å². The van der Waals surface area contributed by atoms with Gasteiger partial charge in [-0.3, -0.25) is 20.2 Å². The van der Waals surface area contributed by atoms with Gasteiger partial charge < -0.3 is 0 Å². The number of benzene rings is 2. The number of thiazole rings is 1. The van der Waals surface area contributed by atoms with E-state index < -0.39 is 10.8 Å². The molecule has 0 unspecified atom stereocenters. The van der Waals surface area contributed by atoms with E-state index >= 15 is 0 Å². The number of nitro groups is 1. The molecular formula is C17H11BrClN3O3S. The molecule has 132 valence electrons. The molecule has 3 rings (SSSR count). The largest absolute Gasteiger partial charge is 0.298 e. The van der Waals surface area contributed by atoms with Crippen LogP contribution < -0.4 is 5.32 Å². The molecule has 0 aliphatic heterocycles. The van der Waals surface area contributed by atoms with Gasteiger partial charge in [-0.2, -0.15) is 0 Å². The van der Waals surface area contributed by atoms with Crippen molar-refractivity contribution in [2.24, 2.45) is 0 Å². The Labute approximate surface area is 166 Å². The number of carbonyl (C=O) groups is 1. The molecule has 0 saturated carbocycles. The number of hydrogen-bond acceptors (Lipinski definition) is 5. The smallest absolute Gasteiger partial charge is 0.283 e. The zero-order valence-corrected chi connectivity index (χ0v) is 16.3. The molecule has 1 amide bonds. The van der Waals surface area contributed by atoms with Crippen LogP contribution in [0.5, 0.6) is 0 Å². The molecule has 1 aromatic heterocycles. The highest BCUT2D eigenvalue weighted by atomic mass is 79.9. The Hall–Kier alpha value is -2.29. The number of nitro benzene ring substituents is 1. The van der Waals surface area contributed by atoms with Gasteiger partial charge in [0.1, 0.15) is 5.56 Å². The minimum atomic E-state index is -0.637. The molecule has 9 heteroatoms. The fourth-order valence-corrected chi connectivity index (χ4v) is 3.54. The predicted octanol–water partition coefficient (Wildman–Crippen LogP) is 5.31. The molecule has 6 nitrogen and oxygen atoms in total. The second kappa shape index (κ2) is 7.94. The minimum absolute atomic E-state index is 0.0657. The van der Waals surface area contributed by atoms with Crippen molar-refractivity contribution < 1.29 is 9.72 Å². The van der Waals surface area contributed by atoms with Crippen LogP contribution in [0.25, 0.3) is 0 Å². The van der Waals surface area contributed by atoms with Gasteiger partial charge in [0.05, 0.1) is 4.92 Å². The van der Waals surface area contributed by atoms with E-state index in [1.807, 2.05) is 24.3 Å². The second-order valence-electron chi connectivity index (χ2n) is 5.31. The van der Waals surface area contributed by atoms with E-state index in [1.165, 1.54) is 23.5 Å². The minimum Gasteiger partial charge on any atom is -0.298 e. The Morgan fingerprint density at radius 3 is 2.69 bits per heavy atom. The fourth-order valence-electron chi connectivity index (χ4n) is 2.26. The van der Waals surface area contributed by atoms with Gasteiger partial charge in [-0.15, -0.1) is 11.3 Å². The van der Waals surface area contributed by atoms with Crippen LogP contribution in [0.3, 0.4) is 0 Å². The maximum atomic E-state index is 12.4. The van der Waals surface area contributed by atoms with E-state index in [1.54, 1.807) is 6.20 Å². The van der Waals surface area contributed by atoms with Gasteiger partial charge in [0, 0.05) is 33.1 Å². The highest BCUT2D eigenvalue weighted by Crippen LogP contribution is 2.26. The van der Waals surface area contributed by atoms with E-state index in [0.717, 1.165) is 21.0 Å². The van der Waals surface area contributed by atoms with Crippen LogP contribution in [-0.4, -0.2) is 15.8 Å². The number of nitrogens with one attached hydrogen (secondary N) is 1. The van der Waals surface area contributed by atoms with Crippen LogP contribution in [0, 0.1) is 10.1 Å². The molecule has 0 bridgehead atoms. The Morgan fingerprint density at radius 2 is 2.00 bits per heavy atom. The topological polar surface area (TPSA) is 85.1 Å². The molecule has 0 radical (unpaired) electrons. The number of rotatable bonds is 5. The highest BCUT2D eigenvalue weighted by Gasteiger charge is 2.21. The number of carbonyl (C=O) groups excluding carboxylic acids is 1. The first-order valence-electron chi connectivity index (χ1n) is 7.37. The van der Waals surface area contributed by atoms with E-state index in [0.29, 0.717) is 11.6 Å². The number of halogens is 2. The van der Waals surface area contributed by atoms with Crippen LogP contribution in [-0.2, 0) is 6.42 Å². The van der Waals surface area contributed by atoms with Crippen molar-refractivity contribution in [3.05, 3.63) is 84.3 Å². The quantitative estimate of drug-likeness (QED) is 0.420. The molecule has 2 aromatic carbocycles. The van der Waals surface area contributed by atoms with Crippen molar-refractivity contribution in [3.8, 4) is 0 Å². The van der Waals surface area contributed by atoms with Crippen molar-refractivity contribution >= 4 is 55.6 Å². The summed E-state index contributed by atoms with van der Waals surface area (Å²) >= 11 is 10.5. The highest BCUT2D eigenvalue weighted by molar-refractivity contribution is 9.10. The summed E-state index contributed by atoms with van der Waals surface area (Å²) in [7, 11) is 0. The zero-order valence-electron chi connectivity index (χ0n) is 13.1. The van der Waals surface area contributed by atoms with Gasteiger partial charge in [0.2, 0.25) is 0 Å². The summed E-state index contributed by atoms with van der Waals surface area (Å²) in [6.07, 6.45) is 2.36. The summed E-state index contributed by atoms with van der Waals surface area (Å²) in [5.41, 5.74) is 0.703. The maximum absolute atomic E-state index is 12.4. The fraction of sp³-hybridized carbons (Fsp3) is 0.0588. The first-order chi connectivity index (χ1) is 12.4. The maximum Gasteiger partial charge on any atom is 0.283 e. The van der Waals surface area contributed by atoms with E-state index in [9.17, 15) is 14.9 Å². The second-order valence-corrected chi connectivity index (χ2v) is 7.77. The van der Waals surface area contributed by atoms with Gasteiger partial charge >= 0.3 is 0 Å². The molecule has 0 fully saturated rings. The van der Waals surface area contributed by atoms with Crippen molar-refractivity contribution in [2.45, 2.75) is 6.42 Å². The molecule has 0 spiro atoms. The third-order valence-electron chi connectivity index (χ3n) is 3.47. The Morgan fingerprint density at radius 1 is 1.27 bits per heavy atom. The number of nitrogens with zero attached hydrogens (tertiary/aromatic N) is 2. The van der Waals surface area contributed by atoms with E-state index in [-0.39, 0.29) is 16.3 Å². The summed E-state index contributed by atoms with van der Waals surface area (Å²) < 4.78 is 1.00. The molecule has 0 atom stereocenters. The van der Waals surface area contributed by atoms with Crippen LogP contribution in [0.15, 0.2) is 53.1 Å². The SMILES string of the molecule is O=C(Nc1ncc(Cc2ccc(Br)cc2)s1)c1ccc(Cl)cc1[N+](=O)[O-]. The summed E-state index contributed by atoms with van der Waals surface area (Å²) in [5.74, 6) is -0.599. The van der Waals surface area contributed by atoms with Gasteiger partial charge in [0.25, 0.3) is 11.6 Å². The third-order valence-corrected chi connectivity index (χ3v) is 5.14. The molecule has 1 N–H and O–H groups in total. The number of amides is 1. The lowest BCUT2D eigenvalue weighted by Gasteiger charge is -2.03. The third kappa shape index (κ3) is 4.46. The number of anilines is 1. The first-order valence-corrected chi connectivity index (χ1v) is 9.35. The molecule has 0 saturated heterocycles. The van der Waals surface area contributed by atoms with Gasteiger partial charge in [-0.25, -0.2) is 4.98 Å². The lowest BCUT2D eigenvalue weighted by atomic mass is 10.1. The van der Waals surface area contributed by atoms with Crippen molar-refractivity contribution in [2.75, 3.05) is 5.32 Å². The first kappa shape index (κ1) is 18.5. The average Bonchev–Trinajstić information content (AvgIpc) is 3.03. The Balaban J connectivity index is 1.74. The van der Waals surface area contributed by atoms with Crippen molar-refractivity contribution in [1.29, 1.82) is 0 Å². The predicted molar refractivity (Wildman–Crippen MR) is 105 cm³/mol. The molecule has 1 heterocycles. The lowest BCUT2D eigenvalue weighted by molar-refractivity contribution is -0.385. The van der Waals surface area contributed by atoms with Crippen LogP contribution in [0.1, 0.15) is 20.8 Å². The van der Waals surface area contributed by atoms with Crippen LogP contribution in [0.2, 0.25) is 5.02 Å². The molecule has 0 aliphatic rings. The van der Waals surface area contributed by atoms with Crippen molar-refractivity contribution in [1.82, 2.24) is 4.98 Å². The molecule has 3 aromatic rings. The summed E-state index contributed by atoms with van der Waals surface area (Å²) in [4.78, 5) is 28.0. The van der Waals surface area contributed by atoms with Crippen LogP contribution >= 0.6 is 38.9 Å². The van der Waals surface area contributed by atoms with E-state index in [2.05, 4.69) is 26.2 Å². The molecule has 26 heavy (non-hydrogen) atoms. The zero-order chi connectivity index (χ0) is 18.7. The Kier molecular flexibility index (Phi) is 5.65. The van der Waals surface area contributed by atoms with E-state index in [4.69, 9.17) is 11.6 Å². The average molecular weight is 453 g/mol. The van der Waals surface area contributed by atoms with Crippen molar-refractivity contribution in [3.63, 3.8) is 0 Å². The number of hydrogen-bond donors (Lipinski definition) is 1. The van der Waals surface area contributed by atoms with Gasteiger partial charge in [-0.1, -0.05) is 39.7 Å². The Bertz CT molecular complexity index is 976. The van der Waals surface area contributed by atoms with Gasteiger partial charge in [0.15, 0.2) is 5.13 Å². The molecule has 0 aliphatic carbocycles. The summed E-state index contributed by atoms with van der Waals surface area (Å²) in [6, 6.07) is 11.8. The standard InChI is InChI=1S/C17H11BrClN3O3S/c18-11-3-1-10(2-4-11)7-13-9-20-17(26-13)21-16(23)14-6-5-12(19)8-15(14)22(24)25/h1-6,8-9H,7H2,(H,20,21,23).